The van der Waals surface area contributed by atoms with Crippen LogP contribution < -0.4 is 10.6 Å². The van der Waals surface area contributed by atoms with Crippen molar-refractivity contribution in [1.29, 1.82) is 0 Å². The van der Waals surface area contributed by atoms with E-state index < -0.39 is 0 Å². The van der Waals surface area contributed by atoms with E-state index in [-0.39, 0.29) is 0 Å². The highest BCUT2D eigenvalue weighted by Crippen LogP contribution is 2.00. The molecule has 2 N–H and O–H groups in total. The molecule has 0 radical (unpaired) electrons. The van der Waals surface area contributed by atoms with E-state index >= 15 is 0 Å². The smallest absolute Gasteiger partial charge is 0.0928 e. The minimum absolute atomic E-state index is 0.435. The van der Waals surface area contributed by atoms with Gasteiger partial charge in [0.25, 0.3) is 0 Å². The lowest BCUT2D eigenvalue weighted by molar-refractivity contribution is 0.606. The Bertz CT molecular complexity index is 107. The van der Waals surface area contributed by atoms with Crippen LogP contribution in [-0.2, 0) is 0 Å². The number of hydrogen-bond acceptors (Lipinski definition) is 2. The second kappa shape index (κ2) is 2.07. The van der Waals surface area contributed by atoms with Gasteiger partial charge in [-0.05, 0) is 13.3 Å². The molecule has 46 valence electrons. The molecule has 2 heteroatoms. The first-order chi connectivity index (χ1) is 3.83. The number of allylic oxidation sites excluding steroid dienone is 1. The summed E-state index contributed by atoms with van der Waals surface area (Å²) in [6.07, 6.45) is 3.56. The Hall–Kier alpha value is -0.660. The molecule has 0 aromatic carbocycles. The summed E-state index contributed by atoms with van der Waals surface area (Å²) >= 11 is 0. The van der Waals surface area contributed by atoms with Gasteiger partial charge in [-0.1, -0.05) is 6.92 Å². The molecule has 1 atom stereocenters. The molecule has 0 aromatic heterocycles. The van der Waals surface area contributed by atoms with E-state index in [0.717, 1.165) is 6.42 Å². The van der Waals surface area contributed by atoms with E-state index in [0.29, 0.717) is 6.17 Å². The average molecular weight is 112 g/mol. The Labute approximate surface area is 50.0 Å². The second-order valence-electron chi connectivity index (χ2n) is 2.06. The van der Waals surface area contributed by atoms with E-state index in [1.165, 1.54) is 5.70 Å². The van der Waals surface area contributed by atoms with E-state index in [4.69, 9.17) is 0 Å². The lowest BCUT2D eigenvalue weighted by atomic mass is 10.4. The summed E-state index contributed by atoms with van der Waals surface area (Å²) in [7, 11) is 0. The number of rotatable bonds is 1. The van der Waals surface area contributed by atoms with Crippen molar-refractivity contribution in [2.45, 2.75) is 26.4 Å². The first-order valence-corrected chi connectivity index (χ1v) is 3.04. The lowest BCUT2D eigenvalue weighted by Crippen LogP contribution is -2.27. The zero-order chi connectivity index (χ0) is 5.98. The Kier molecular flexibility index (Phi) is 1.42. The van der Waals surface area contributed by atoms with Gasteiger partial charge in [0.05, 0.1) is 6.17 Å². The molecule has 0 spiro atoms. The molecule has 1 heterocycles. The molecule has 0 amide bonds. The maximum atomic E-state index is 3.25. The number of hydrogen-bond donors (Lipinski definition) is 2. The van der Waals surface area contributed by atoms with Gasteiger partial charge in [-0.15, -0.1) is 0 Å². The molecule has 1 rings (SSSR count). The van der Waals surface area contributed by atoms with Gasteiger partial charge in [-0.2, -0.15) is 0 Å². The van der Waals surface area contributed by atoms with Gasteiger partial charge in [0.15, 0.2) is 0 Å². The normalized spacial score (nSPS) is 26.2. The summed E-state index contributed by atoms with van der Waals surface area (Å²) in [5.74, 6) is 0. The highest BCUT2D eigenvalue weighted by Gasteiger charge is 2.05. The molecule has 0 bridgehead atoms. The summed E-state index contributed by atoms with van der Waals surface area (Å²) in [6.45, 7) is 4.23. The molecule has 0 aromatic rings. The predicted molar refractivity (Wildman–Crippen MR) is 34.1 cm³/mol. The molecule has 0 aliphatic carbocycles. The van der Waals surface area contributed by atoms with Crippen LogP contribution in [0.2, 0.25) is 0 Å². The highest BCUT2D eigenvalue weighted by molar-refractivity contribution is 5.04. The minimum Gasteiger partial charge on any atom is -0.370 e. The van der Waals surface area contributed by atoms with Crippen LogP contribution in [0.5, 0.6) is 0 Å². The van der Waals surface area contributed by atoms with Crippen molar-refractivity contribution >= 4 is 0 Å². The predicted octanol–water partition coefficient (Wildman–Crippen LogP) is 0.777. The van der Waals surface area contributed by atoms with E-state index in [9.17, 15) is 0 Å². The first kappa shape index (κ1) is 5.48. The quantitative estimate of drug-likeness (QED) is 0.523. The molecule has 0 fully saturated rings. The van der Waals surface area contributed by atoms with Crippen LogP contribution in [-0.4, -0.2) is 6.17 Å². The molecular weight excluding hydrogens is 100 g/mol. The van der Waals surface area contributed by atoms with Crippen molar-refractivity contribution in [3.63, 3.8) is 0 Å². The molecule has 8 heavy (non-hydrogen) atoms. The van der Waals surface area contributed by atoms with Gasteiger partial charge < -0.3 is 10.6 Å². The molecular formula is C6H12N2. The Morgan fingerprint density at radius 2 is 2.50 bits per heavy atom. The molecule has 1 aliphatic rings. The third-order valence-corrected chi connectivity index (χ3v) is 1.29. The molecule has 1 unspecified atom stereocenters. The van der Waals surface area contributed by atoms with Crippen molar-refractivity contribution in [3.05, 3.63) is 11.9 Å². The SMILES string of the molecule is CCC1=CNC(C)N1. The largest absolute Gasteiger partial charge is 0.370 e. The van der Waals surface area contributed by atoms with Crippen LogP contribution in [0, 0.1) is 0 Å². The Morgan fingerprint density at radius 1 is 1.75 bits per heavy atom. The maximum absolute atomic E-state index is 3.25. The number of nitrogens with one attached hydrogen (secondary N) is 2. The summed E-state index contributed by atoms with van der Waals surface area (Å²) in [6, 6.07) is 0. The lowest BCUT2D eigenvalue weighted by Gasteiger charge is -2.04. The van der Waals surface area contributed by atoms with Gasteiger partial charge in [-0.25, -0.2) is 0 Å². The monoisotopic (exact) mass is 112 g/mol. The molecule has 2 nitrogen and oxygen atoms in total. The van der Waals surface area contributed by atoms with Crippen LogP contribution in [0.4, 0.5) is 0 Å². The fraction of sp³-hybridized carbons (Fsp3) is 0.667. The van der Waals surface area contributed by atoms with Gasteiger partial charge in [-0.3, -0.25) is 0 Å². The maximum Gasteiger partial charge on any atom is 0.0928 e. The molecule has 1 aliphatic heterocycles. The Morgan fingerprint density at radius 3 is 2.75 bits per heavy atom. The summed E-state index contributed by atoms with van der Waals surface area (Å²) < 4.78 is 0. The van der Waals surface area contributed by atoms with Crippen molar-refractivity contribution < 1.29 is 0 Å². The second-order valence-corrected chi connectivity index (χ2v) is 2.06. The van der Waals surface area contributed by atoms with Crippen molar-refractivity contribution in [2.24, 2.45) is 0 Å². The molecule has 0 saturated carbocycles. The van der Waals surface area contributed by atoms with Gasteiger partial charge in [0.2, 0.25) is 0 Å². The van der Waals surface area contributed by atoms with Gasteiger partial charge in [0.1, 0.15) is 0 Å². The van der Waals surface area contributed by atoms with Crippen LogP contribution in [0.15, 0.2) is 11.9 Å². The Balaban J connectivity index is 2.37. The van der Waals surface area contributed by atoms with Crippen molar-refractivity contribution in [3.8, 4) is 0 Å². The average Bonchev–Trinajstić information content (AvgIpc) is 2.14. The summed E-state index contributed by atoms with van der Waals surface area (Å²) in [5, 5.41) is 6.40. The van der Waals surface area contributed by atoms with Crippen LogP contribution in [0.3, 0.4) is 0 Å². The van der Waals surface area contributed by atoms with Crippen molar-refractivity contribution in [2.75, 3.05) is 0 Å². The topological polar surface area (TPSA) is 24.1 Å². The van der Waals surface area contributed by atoms with Crippen LogP contribution >= 0.6 is 0 Å². The fourth-order valence-corrected chi connectivity index (χ4v) is 0.791. The summed E-state index contributed by atoms with van der Waals surface area (Å²) in [4.78, 5) is 0. The third-order valence-electron chi connectivity index (χ3n) is 1.29. The third kappa shape index (κ3) is 0.941. The van der Waals surface area contributed by atoms with E-state index in [1.807, 2.05) is 6.20 Å². The standard InChI is InChI=1S/C6H12N2/c1-3-6-4-7-5(2)8-6/h4-5,7-8H,3H2,1-2H3. The highest BCUT2D eigenvalue weighted by atomic mass is 15.2. The zero-order valence-corrected chi connectivity index (χ0v) is 5.36. The van der Waals surface area contributed by atoms with E-state index in [2.05, 4.69) is 24.5 Å². The van der Waals surface area contributed by atoms with Crippen LogP contribution in [0.1, 0.15) is 20.3 Å². The summed E-state index contributed by atoms with van der Waals surface area (Å²) in [5.41, 5.74) is 1.30. The molecule has 0 saturated heterocycles. The van der Waals surface area contributed by atoms with Gasteiger partial charge >= 0.3 is 0 Å². The van der Waals surface area contributed by atoms with Gasteiger partial charge in [0, 0.05) is 11.9 Å². The minimum atomic E-state index is 0.435. The van der Waals surface area contributed by atoms with Crippen molar-refractivity contribution in [1.82, 2.24) is 10.6 Å². The van der Waals surface area contributed by atoms with Crippen LogP contribution in [0.25, 0.3) is 0 Å². The zero-order valence-electron chi connectivity index (χ0n) is 5.36. The fourth-order valence-electron chi connectivity index (χ4n) is 0.791. The van der Waals surface area contributed by atoms with E-state index in [1.54, 1.807) is 0 Å². The first-order valence-electron chi connectivity index (χ1n) is 3.04.